The van der Waals surface area contributed by atoms with Crippen LogP contribution in [0.15, 0.2) is 16.6 Å². The first-order valence-corrected chi connectivity index (χ1v) is 6.32. The minimum Gasteiger partial charge on any atom is -0.466 e. The summed E-state index contributed by atoms with van der Waals surface area (Å²) in [5.41, 5.74) is -0.419. The van der Waals surface area contributed by atoms with Gasteiger partial charge in [0.25, 0.3) is 0 Å². The molecule has 2 atom stereocenters. The van der Waals surface area contributed by atoms with Gasteiger partial charge in [-0.15, -0.1) is 0 Å². The van der Waals surface area contributed by atoms with Gasteiger partial charge in [-0.1, -0.05) is 0 Å². The molecule has 0 aliphatic rings. The zero-order chi connectivity index (χ0) is 14.6. The number of ether oxygens (including phenoxy) is 1. The molecule has 0 aliphatic heterocycles. The van der Waals surface area contributed by atoms with Crippen LogP contribution >= 0.6 is 15.9 Å². The highest BCUT2D eigenvalue weighted by atomic mass is 79.9. The second kappa shape index (κ2) is 6.93. The van der Waals surface area contributed by atoms with Crippen LogP contribution < -0.4 is 0 Å². The zero-order valence-corrected chi connectivity index (χ0v) is 11.7. The van der Waals surface area contributed by atoms with Gasteiger partial charge in [0.05, 0.1) is 23.6 Å². The molecule has 0 saturated carbocycles. The van der Waals surface area contributed by atoms with Crippen molar-refractivity contribution < 1.29 is 28.5 Å². The van der Waals surface area contributed by atoms with Gasteiger partial charge in [-0.3, -0.25) is 4.79 Å². The van der Waals surface area contributed by atoms with Crippen molar-refractivity contribution in [1.82, 2.24) is 0 Å². The predicted molar refractivity (Wildman–Crippen MR) is 66.3 cm³/mol. The van der Waals surface area contributed by atoms with Gasteiger partial charge in [-0.2, -0.15) is 0 Å². The SMILES string of the molecule is CCOC(=O)CC(O)C(O)c1cc(F)c(Br)cc1F. The molecule has 0 radical (unpaired) electrons. The number of carbonyl (C=O) groups excluding carboxylic acids is 1. The lowest BCUT2D eigenvalue weighted by Crippen LogP contribution is -2.24. The molecular weight excluding hydrogens is 326 g/mol. The topological polar surface area (TPSA) is 66.8 Å². The van der Waals surface area contributed by atoms with Crippen molar-refractivity contribution in [3.63, 3.8) is 0 Å². The van der Waals surface area contributed by atoms with E-state index in [9.17, 15) is 23.8 Å². The molecule has 1 rings (SSSR count). The Morgan fingerprint density at radius 3 is 2.58 bits per heavy atom. The molecule has 0 bridgehead atoms. The van der Waals surface area contributed by atoms with Gasteiger partial charge in [0.15, 0.2) is 0 Å². The molecule has 19 heavy (non-hydrogen) atoms. The Bertz CT molecular complexity index is 467. The Balaban J connectivity index is 2.85. The van der Waals surface area contributed by atoms with E-state index >= 15 is 0 Å². The van der Waals surface area contributed by atoms with Crippen LogP contribution in [-0.4, -0.2) is 28.9 Å². The highest BCUT2D eigenvalue weighted by Gasteiger charge is 2.25. The average Bonchev–Trinajstić information content (AvgIpc) is 2.33. The molecule has 0 heterocycles. The Kier molecular flexibility index (Phi) is 5.84. The summed E-state index contributed by atoms with van der Waals surface area (Å²) < 4.78 is 31.3. The molecule has 0 fully saturated rings. The van der Waals surface area contributed by atoms with E-state index in [0.717, 1.165) is 12.1 Å². The van der Waals surface area contributed by atoms with Gasteiger partial charge in [0.1, 0.15) is 17.7 Å². The highest BCUT2D eigenvalue weighted by Crippen LogP contribution is 2.27. The van der Waals surface area contributed by atoms with E-state index in [2.05, 4.69) is 20.7 Å². The summed E-state index contributed by atoms with van der Waals surface area (Å²) in [6.07, 6.45) is -3.80. The fourth-order valence-electron chi connectivity index (χ4n) is 1.47. The fourth-order valence-corrected chi connectivity index (χ4v) is 1.79. The van der Waals surface area contributed by atoms with Gasteiger partial charge in [0, 0.05) is 5.56 Å². The van der Waals surface area contributed by atoms with E-state index in [0.29, 0.717) is 0 Å². The summed E-state index contributed by atoms with van der Waals surface area (Å²) in [6.45, 7) is 1.72. The highest BCUT2D eigenvalue weighted by molar-refractivity contribution is 9.10. The van der Waals surface area contributed by atoms with Gasteiger partial charge in [0.2, 0.25) is 0 Å². The molecule has 0 aromatic heterocycles. The number of aliphatic hydroxyl groups excluding tert-OH is 2. The summed E-state index contributed by atoms with van der Waals surface area (Å²) in [6, 6.07) is 1.60. The Morgan fingerprint density at radius 1 is 1.37 bits per heavy atom. The van der Waals surface area contributed by atoms with Crippen molar-refractivity contribution >= 4 is 21.9 Å². The smallest absolute Gasteiger partial charge is 0.308 e. The maximum Gasteiger partial charge on any atom is 0.308 e. The van der Waals surface area contributed by atoms with Crippen LogP contribution in [-0.2, 0) is 9.53 Å². The lowest BCUT2D eigenvalue weighted by atomic mass is 10.0. The summed E-state index contributed by atoms with van der Waals surface area (Å²) in [7, 11) is 0. The third-order valence-corrected chi connectivity index (χ3v) is 3.01. The average molecular weight is 339 g/mol. The fraction of sp³-hybridized carbons (Fsp3) is 0.417. The molecule has 1 aromatic carbocycles. The van der Waals surface area contributed by atoms with Crippen molar-refractivity contribution in [2.24, 2.45) is 0 Å². The molecule has 2 N–H and O–H groups in total. The van der Waals surface area contributed by atoms with Gasteiger partial charge in [-0.05, 0) is 35.0 Å². The summed E-state index contributed by atoms with van der Waals surface area (Å²) in [4.78, 5) is 11.1. The largest absolute Gasteiger partial charge is 0.466 e. The van der Waals surface area contributed by atoms with E-state index in [-0.39, 0.29) is 11.1 Å². The van der Waals surface area contributed by atoms with Crippen LogP contribution in [0.2, 0.25) is 0 Å². The van der Waals surface area contributed by atoms with Crippen molar-refractivity contribution in [3.8, 4) is 0 Å². The first kappa shape index (κ1) is 16.0. The molecule has 0 aliphatic carbocycles. The lowest BCUT2D eigenvalue weighted by Gasteiger charge is -2.18. The molecule has 0 amide bonds. The number of hydrogen-bond donors (Lipinski definition) is 2. The Hall–Kier alpha value is -1.05. The second-order valence-electron chi connectivity index (χ2n) is 3.81. The van der Waals surface area contributed by atoms with E-state index in [1.165, 1.54) is 0 Å². The van der Waals surface area contributed by atoms with Gasteiger partial charge in [-0.25, -0.2) is 8.78 Å². The summed E-state index contributed by atoms with van der Waals surface area (Å²) in [5, 5.41) is 19.3. The summed E-state index contributed by atoms with van der Waals surface area (Å²) >= 11 is 2.79. The lowest BCUT2D eigenvalue weighted by molar-refractivity contribution is -0.147. The van der Waals surface area contributed by atoms with Crippen LogP contribution in [0, 0.1) is 11.6 Å². The molecule has 106 valence electrons. The molecule has 0 saturated heterocycles. The number of rotatable bonds is 5. The van der Waals surface area contributed by atoms with Crippen molar-refractivity contribution in [1.29, 1.82) is 0 Å². The summed E-state index contributed by atoms with van der Waals surface area (Å²) in [5.74, 6) is -2.39. The molecule has 4 nitrogen and oxygen atoms in total. The number of esters is 1. The van der Waals surface area contributed by atoms with Crippen LogP contribution in [0.1, 0.15) is 25.0 Å². The quantitative estimate of drug-likeness (QED) is 0.637. The molecule has 7 heteroatoms. The predicted octanol–water partition coefficient (Wildman–Crippen LogP) is 2.07. The van der Waals surface area contributed by atoms with E-state index in [1.54, 1.807) is 6.92 Å². The van der Waals surface area contributed by atoms with Crippen molar-refractivity contribution in [2.45, 2.75) is 25.6 Å². The van der Waals surface area contributed by atoms with Crippen molar-refractivity contribution in [2.75, 3.05) is 6.61 Å². The normalized spacial score (nSPS) is 14.0. The van der Waals surface area contributed by atoms with Crippen molar-refractivity contribution in [3.05, 3.63) is 33.8 Å². The number of aliphatic hydroxyl groups is 2. The first-order chi connectivity index (χ1) is 8.86. The van der Waals surface area contributed by atoms with Gasteiger partial charge < -0.3 is 14.9 Å². The van der Waals surface area contributed by atoms with E-state index in [1.807, 2.05) is 0 Å². The minimum atomic E-state index is -1.72. The third kappa shape index (κ3) is 4.22. The maximum absolute atomic E-state index is 13.5. The number of halogens is 3. The molecule has 0 spiro atoms. The maximum atomic E-state index is 13.5. The second-order valence-corrected chi connectivity index (χ2v) is 4.66. The van der Waals surface area contributed by atoms with Crippen LogP contribution in [0.3, 0.4) is 0 Å². The van der Waals surface area contributed by atoms with E-state index in [4.69, 9.17) is 0 Å². The van der Waals surface area contributed by atoms with Crippen LogP contribution in [0.4, 0.5) is 8.78 Å². The Morgan fingerprint density at radius 2 is 2.00 bits per heavy atom. The first-order valence-electron chi connectivity index (χ1n) is 5.53. The van der Waals surface area contributed by atoms with Crippen LogP contribution in [0.25, 0.3) is 0 Å². The standard InChI is InChI=1S/C12H13BrF2O4/c1-2-19-11(17)5-10(16)12(18)6-3-9(15)7(13)4-8(6)14/h3-4,10,12,16,18H,2,5H2,1H3. The van der Waals surface area contributed by atoms with Crippen LogP contribution in [0.5, 0.6) is 0 Å². The molecule has 2 unspecified atom stereocenters. The third-order valence-electron chi connectivity index (χ3n) is 2.40. The van der Waals surface area contributed by atoms with E-state index < -0.39 is 41.8 Å². The molecule has 1 aromatic rings. The minimum absolute atomic E-state index is 0.0965. The number of carbonyl (C=O) groups is 1. The monoisotopic (exact) mass is 338 g/mol. The van der Waals surface area contributed by atoms with Gasteiger partial charge >= 0.3 is 5.97 Å². The zero-order valence-electron chi connectivity index (χ0n) is 10.1. The number of benzene rings is 1. The number of hydrogen-bond acceptors (Lipinski definition) is 4. The Labute approximate surface area is 117 Å². The molecular formula is C12H13BrF2O4.